The van der Waals surface area contributed by atoms with Crippen molar-refractivity contribution >= 4 is 38.8 Å². The van der Waals surface area contributed by atoms with Crippen molar-refractivity contribution in [3.63, 3.8) is 0 Å². The molecule has 0 atom stereocenters. The Morgan fingerprint density at radius 1 is 1.30 bits per heavy atom. The second-order valence-corrected chi connectivity index (χ2v) is 6.10. The summed E-state index contributed by atoms with van der Waals surface area (Å²) < 4.78 is 38.8. The summed E-state index contributed by atoms with van der Waals surface area (Å²) in [6, 6.07) is 5.49. The second kappa shape index (κ2) is 5.89. The zero-order chi connectivity index (χ0) is 14.9. The van der Waals surface area contributed by atoms with Gasteiger partial charge in [-0.1, -0.05) is 18.3 Å². The van der Waals surface area contributed by atoms with Crippen LogP contribution in [0.15, 0.2) is 22.7 Å². The molecule has 0 saturated carbocycles. The van der Waals surface area contributed by atoms with Gasteiger partial charge in [-0.05, 0) is 40.9 Å². The Kier molecular flexibility index (Phi) is 4.59. The Labute approximate surface area is 129 Å². The minimum Gasteiger partial charge on any atom is -0.389 e. The summed E-state index contributed by atoms with van der Waals surface area (Å²) in [5.41, 5.74) is 7.20. The Bertz CT molecular complexity index is 511. The van der Waals surface area contributed by atoms with Gasteiger partial charge in [0.25, 0.3) is 0 Å². The fraction of sp³-hybridized carbons (Fsp3) is 0.462. The third-order valence-electron chi connectivity index (χ3n) is 3.54. The number of nitrogens with zero attached hydrogens (tertiary/aromatic N) is 1. The van der Waals surface area contributed by atoms with Crippen LogP contribution in [0.4, 0.5) is 18.9 Å². The van der Waals surface area contributed by atoms with Crippen molar-refractivity contribution in [2.75, 3.05) is 18.0 Å². The van der Waals surface area contributed by atoms with E-state index in [2.05, 4.69) is 15.9 Å². The molecule has 0 spiro atoms. The van der Waals surface area contributed by atoms with Gasteiger partial charge < -0.3 is 10.6 Å². The largest absolute Gasteiger partial charge is 0.391 e. The van der Waals surface area contributed by atoms with Crippen molar-refractivity contribution in [1.29, 1.82) is 0 Å². The molecule has 1 aromatic carbocycles. The van der Waals surface area contributed by atoms with E-state index < -0.39 is 12.1 Å². The van der Waals surface area contributed by atoms with E-state index in [1.165, 1.54) is 0 Å². The lowest BCUT2D eigenvalue weighted by Crippen LogP contribution is -2.39. The van der Waals surface area contributed by atoms with Crippen LogP contribution in [0.2, 0.25) is 0 Å². The molecule has 0 unspecified atom stereocenters. The van der Waals surface area contributed by atoms with E-state index in [1.807, 2.05) is 23.1 Å². The first-order valence-electron chi connectivity index (χ1n) is 6.20. The predicted octanol–water partition coefficient (Wildman–Crippen LogP) is 3.86. The van der Waals surface area contributed by atoms with Crippen molar-refractivity contribution in [3.05, 3.63) is 28.2 Å². The molecule has 0 amide bonds. The maximum absolute atomic E-state index is 12.7. The highest BCUT2D eigenvalue weighted by Crippen LogP contribution is 2.37. The topological polar surface area (TPSA) is 29.3 Å². The number of hydrogen-bond donors (Lipinski definition) is 1. The number of anilines is 1. The van der Waals surface area contributed by atoms with Gasteiger partial charge in [0.1, 0.15) is 4.99 Å². The highest BCUT2D eigenvalue weighted by molar-refractivity contribution is 9.10. The molecule has 1 aromatic rings. The SMILES string of the molecule is NC(=S)c1c(Br)cccc1N1CCC(C(F)(F)F)CC1. The Balaban J connectivity index is 2.19. The van der Waals surface area contributed by atoms with E-state index in [1.54, 1.807) is 0 Å². The number of benzene rings is 1. The Morgan fingerprint density at radius 2 is 1.90 bits per heavy atom. The summed E-state index contributed by atoms with van der Waals surface area (Å²) in [7, 11) is 0. The van der Waals surface area contributed by atoms with E-state index in [0.717, 1.165) is 10.2 Å². The van der Waals surface area contributed by atoms with Crippen LogP contribution in [-0.2, 0) is 0 Å². The second-order valence-electron chi connectivity index (χ2n) is 4.80. The predicted molar refractivity (Wildman–Crippen MR) is 81.0 cm³/mol. The molecule has 1 aliphatic rings. The first kappa shape index (κ1) is 15.6. The van der Waals surface area contributed by atoms with Crippen LogP contribution in [0, 0.1) is 5.92 Å². The van der Waals surface area contributed by atoms with E-state index >= 15 is 0 Å². The summed E-state index contributed by atoms with van der Waals surface area (Å²) >= 11 is 8.41. The summed E-state index contributed by atoms with van der Waals surface area (Å²) in [5.74, 6) is -1.21. The molecule has 0 aromatic heterocycles. The quantitative estimate of drug-likeness (QED) is 0.805. The maximum atomic E-state index is 12.7. The van der Waals surface area contributed by atoms with E-state index in [9.17, 15) is 13.2 Å². The minimum absolute atomic E-state index is 0.104. The fourth-order valence-corrected chi connectivity index (χ4v) is 3.38. The van der Waals surface area contributed by atoms with Crippen LogP contribution in [-0.4, -0.2) is 24.3 Å². The number of piperidine rings is 1. The third-order valence-corrected chi connectivity index (χ3v) is 4.40. The van der Waals surface area contributed by atoms with Gasteiger partial charge in [-0.25, -0.2) is 0 Å². The highest BCUT2D eigenvalue weighted by atomic mass is 79.9. The Hall–Kier alpha value is -0.820. The monoisotopic (exact) mass is 366 g/mol. The maximum Gasteiger partial charge on any atom is 0.391 e. The Morgan fingerprint density at radius 3 is 2.40 bits per heavy atom. The fourth-order valence-electron chi connectivity index (χ4n) is 2.47. The lowest BCUT2D eigenvalue weighted by Gasteiger charge is -2.35. The van der Waals surface area contributed by atoms with Crippen LogP contribution in [0.25, 0.3) is 0 Å². The van der Waals surface area contributed by atoms with Gasteiger partial charge in [0.2, 0.25) is 0 Å². The van der Waals surface area contributed by atoms with Crippen molar-refractivity contribution in [3.8, 4) is 0 Å². The molecule has 0 bridgehead atoms. The van der Waals surface area contributed by atoms with Crippen molar-refractivity contribution in [2.24, 2.45) is 11.7 Å². The van der Waals surface area contributed by atoms with Gasteiger partial charge in [-0.2, -0.15) is 13.2 Å². The molecule has 1 saturated heterocycles. The van der Waals surface area contributed by atoms with Crippen molar-refractivity contribution < 1.29 is 13.2 Å². The number of hydrogen-bond acceptors (Lipinski definition) is 2. The molecule has 1 fully saturated rings. The van der Waals surface area contributed by atoms with Gasteiger partial charge in [0.15, 0.2) is 0 Å². The average Bonchev–Trinajstić information content (AvgIpc) is 2.37. The molecular weight excluding hydrogens is 353 g/mol. The normalized spacial score (nSPS) is 17.3. The molecule has 1 aliphatic heterocycles. The molecule has 2 nitrogen and oxygen atoms in total. The molecule has 1 heterocycles. The lowest BCUT2D eigenvalue weighted by molar-refractivity contribution is -0.179. The third kappa shape index (κ3) is 3.25. The number of nitrogens with two attached hydrogens (primary N) is 1. The molecule has 2 rings (SSSR count). The lowest BCUT2D eigenvalue weighted by atomic mass is 9.95. The molecule has 0 aliphatic carbocycles. The zero-order valence-electron chi connectivity index (χ0n) is 10.6. The van der Waals surface area contributed by atoms with Crippen LogP contribution in [0.5, 0.6) is 0 Å². The number of alkyl halides is 3. The molecule has 7 heteroatoms. The van der Waals surface area contributed by atoms with Gasteiger partial charge >= 0.3 is 6.18 Å². The van der Waals surface area contributed by atoms with E-state index in [0.29, 0.717) is 18.7 Å². The smallest absolute Gasteiger partial charge is 0.389 e. The number of thiocarbonyl (C=S) groups is 1. The average molecular weight is 367 g/mol. The van der Waals surface area contributed by atoms with Crippen LogP contribution in [0.1, 0.15) is 18.4 Å². The van der Waals surface area contributed by atoms with E-state index in [4.69, 9.17) is 18.0 Å². The molecule has 2 N–H and O–H groups in total. The first-order valence-corrected chi connectivity index (χ1v) is 7.41. The van der Waals surface area contributed by atoms with Gasteiger partial charge in [-0.15, -0.1) is 0 Å². The number of rotatable bonds is 2. The number of halogens is 4. The minimum atomic E-state index is -4.10. The van der Waals surface area contributed by atoms with Crippen molar-refractivity contribution in [1.82, 2.24) is 0 Å². The van der Waals surface area contributed by atoms with Gasteiger partial charge in [-0.3, -0.25) is 0 Å². The summed E-state index contributed by atoms with van der Waals surface area (Å²) in [5, 5.41) is 0. The van der Waals surface area contributed by atoms with Crippen molar-refractivity contribution in [2.45, 2.75) is 19.0 Å². The van der Waals surface area contributed by atoms with Crippen LogP contribution < -0.4 is 10.6 Å². The zero-order valence-corrected chi connectivity index (χ0v) is 13.0. The molecule has 110 valence electrons. The summed E-state index contributed by atoms with van der Waals surface area (Å²) in [6.45, 7) is 0.715. The van der Waals surface area contributed by atoms with Gasteiger partial charge in [0.05, 0.1) is 5.92 Å². The first-order chi connectivity index (χ1) is 9.30. The van der Waals surface area contributed by atoms with Crippen LogP contribution >= 0.6 is 28.1 Å². The molecular formula is C13H14BrF3N2S. The van der Waals surface area contributed by atoms with E-state index in [-0.39, 0.29) is 17.8 Å². The summed E-state index contributed by atoms with van der Waals surface area (Å²) in [6.07, 6.45) is -3.89. The standard InChI is InChI=1S/C13H14BrF3N2S/c14-9-2-1-3-10(11(9)12(18)20)19-6-4-8(5-7-19)13(15,16)17/h1-3,8H,4-7H2,(H2,18,20). The van der Waals surface area contributed by atoms with Gasteiger partial charge in [0, 0.05) is 28.8 Å². The summed E-state index contributed by atoms with van der Waals surface area (Å²) in [4.78, 5) is 2.16. The molecule has 20 heavy (non-hydrogen) atoms. The van der Waals surface area contributed by atoms with Crippen LogP contribution in [0.3, 0.4) is 0 Å². The molecule has 0 radical (unpaired) electrons. The highest BCUT2D eigenvalue weighted by Gasteiger charge is 2.41.